The summed E-state index contributed by atoms with van der Waals surface area (Å²) in [5.74, 6) is 1.80. The molecule has 0 aliphatic heterocycles. The predicted molar refractivity (Wildman–Crippen MR) is 110 cm³/mol. The summed E-state index contributed by atoms with van der Waals surface area (Å²) in [4.78, 5) is 12.4. The van der Waals surface area contributed by atoms with E-state index in [1.54, 1.807) is 32.4 Å². The molecule has 0 radical (unpaired) electrons. The van der Waals surface area contributed by atoms with E-state index in [9.17, 15) is 4.79 Å². The number of anilines is 2. The van der Waals surface area contributed by atoms with Gasteiger partial charge in [-0.3, -0.25) is 4.79 Å². The lowest BCUT2D eigenvalue weighted by molar-refractivity contribution is -0.113. The molecule has 0 aliphatic carbocycles. The van der Waals surface area contributed by atoms with Gasteiger partial charge >= 0.3 is 0 Å². The Labute approximate surface area is 167 Å². The van der Waals surface area contributed by atoms with Crippen molar-refractivity contribution < 1.29 is 14.3 Å². The number of hydrogen-bond acceptors (Lipinski definition) is 7. The van der Waals surface area contributed by atoms with E-state index in [1.165, 1.54) is 11.8 Å². The summed E-state index contributed by atoms with van der Waals surface area (Å²) in [7, 11) is 4.95. The number of para-hydroxylation sites is 1. The molecule has 3 rings (SSSR count). The molecule has 3 N–H and O–H groups in total. The molecule has 0 fully saturated rings. The SMILES string of the molecule is COc1ccc(OC)c(NC(=O)CSc2nnc(-c3ccccc3N)n2C)c1. The number of nitrogens with zero attached hydrogens (tertiary/aromatic N) is 3. The molecule has 9 heteroatoms. The predicted octanol–water partition coefficient (Wildman–Crippen LogP) is 2.81. The van der Waals surface area contributed by atoms with Crippen LogP contribution >= 0.6 is 11.8 Å². The lowest BCUT2D eigenvalue weighted by Crippen LogP contribution is -2.15. The summed E-state index contributed by atoms with van der Waals surface area (Å²) in [5, 5.41) is 11.8. The molecule has 1 heterocycles. The number of thioether (sulfide) groups is 1. The molecule has 0 atom stereocenters. The number of hydrogen-bond donors (Lipinski definition) is 2. The minimum absolute atomic E-state index is 0.163. The second-order valence-corrected chi connectivity index (χ2v) is 6.80. The maximum atomic E-state index is 12.4. The van der Waals surface area contributed by atoms with E-state index >= 15 is 0 Å². The fraction of sp³-hybridized carbons (Fsp3) is 0.211. The first-order chi connectivity index (χ1) is 13.5. The Morgan fingerprint density at radius 3 is 2.68 bits per heavy atom. The van der Waals surface area contributed by atoms with Gasteiger partial charge in [-0.25, -0.2) is 0 Å². The number of rotatable bonds is 7. The van der Waals surface area contributed by atoms with Crippen LogP contribution < -0.4 is 20.5 Å². The van der Waals surface area contributed by atoms with E-state index in [-0.39, 0.29) is 11.7 Å². The Hall–Kier alpha value is -3.20. The van der Waals surface area contributed by atoms with Crippen LogP contribution in [0.5, 0.6) is 11.5 Å². The monoisotopic (exact) mass is 399 g/mol. The molecular weight excluding hydrogens is 378 g/mol. The molecule has 2 aromatic carbocycles. The first kappa shape index (κ1) is 19.6. The number of aromatic nitrogens is 3. The Bertz CT molecular complexity index is 989. The van der Waals surface area contributed by atoms with Gasteiger partial charge in [0.1, 0.15) is 11.5 Å². The highest BCUT2D eigenvalue weighted by atomic mass is 32.2. The van der Waals surface area contributed by atoms with Crippen molar-refractivity contribution in [1.82, 2.24) is 14.8 Å². The van der Waals surface area contributed by atoms with Crippen LogP contribution in [0, 0.1) is 0 Å². The Balaban J connectivity index is 1.68. The number of carbonyl (C=O) groups excluding carboxylic acids is 1. The van der Waals surface area contributed by atoms with Crippen molar-refractivity contribution in [2.45, 2.75) is 5.16 Å². The van der Waals surface area contributed by atoms with Crippen molar-refractivity contribution in [3.05, 3.63) is 42.5 Å². The zero-order valence-electron chi connectivity index (χ0n) is 15.8. The average Bonchev–Trinajstić information content (AvgIpc) is 3.07. The number of nitrogens with two attached hydrogens (primary N) is 1. The lowest BCUT2D eigenvalue weighted by atomic mass is 10.2. The molecule has 1 aromatic heterocycles. The van der Waals surface area contributed by atoms with Gasteiger partial charge in [0.2, 0.25) is 5.91 Å². The van der Waals surface area contributed by atoms with E-state index in [2.05, 4.69) is 15.5 Å². The summed E-state index contributed by atoms with van der Waals surface area (Å²) >= 11 is 1.28. The molecule has 3 aromatic rings. The van der Waals surface area contributed by atoms with Crippen LogP contribution in [-0.2, 0) is 11.8 Å². The average molecular weight is 399 g/mol. The zero-order valence-corrected chi connectivity index (χ0v) is 16.6. The lowest BCUT2D eigenvalue weighted by Gasteiger charge is -2.11. The first-order valence-electron chi connectivity index (χ1n) is 8.42. The minimum atomic E-state index is -0.194. The van der Waals surface area contributed by atoms with Crippen LogP contribution in [0.4, 0.5) is 11.4 Å². The van der Waals surface area contributed by atoms with E-state index < -0.39 is 0 Å². The summed E-state index contributed by atoms with van der Waals surface area (Å²) in [6.45, 7) is 0. The molecule has 8 nitrogen and oxygen atoms in total. The van der Waals surface area contributed by atoms with Crippen molar-refractivity contribution >= 4 is 29.0 Å². The van der Waals surface area contributed by atoms with E-state index in [0.717, 1.165) is 5.56 Å². The Kier molecular flexibility index (Phi) is 6.05. The topological polar surface area (TPSA) is 104 Å². The summed E-state index contributed by atoms with van der Waals surface area (Å²) in [6, 6.07) is 12.7. The van der Waals surface area contributed by atoms with Gasteiger partial charge in [-0.1, -0.05) is 23.9 Å². The third-order valence-electron chi connectivity index (χ3n) is 4.05. The summed E-state index contributed by atoms with van der Waals surface area (Å²) < 4.78 is 12.3. The van der Waals surface area contributed by atoms with E-state index in [4.69, 9.17) is 15.2 Å². The number of carbonyl (C=O) groups is 1. The number of methoxy groups -OCH3 is 2. The van der Waals surface area contributed by atoms with Crippen LogP contribution in [0.25, 0.3) is 11.4 Å². The third-order valence-corrected chi connectivity index (χ3v) is 5.07. The van der Waals surface area contributed by atoms with Gasteiger partial charge < -0.3 is 25.1 Å². The molecule has 0 saturated heterocycles. The molecule has 0 bridgehead atoms. The molecule has 0 saturated carbocycles. The van der Waals surface area contributed by atoms with Gasteiger partial charge in [0.05, 0.1) is 25.7 Å². The standard InChI is InChI=1S/C19H21N5O3S/c1-24-18(13-6-4-5-7-14(13)20)22-23-19(24)28-11-17(25)21-15-10-12(26-2)8-9-16(15)27-3/h4-10H,11,20H2,1-3H3,(H,21,25). The van der Waals surface area contributed by atoms with E-state index in [1.807, 2.05) is 35.9 Å². The fourth-order valence-corrected chi connectivity index (χ4v) is 3.31. The van der Waals surface area contributed by atoms with Crippen LogP contribution in [-0.4, -0.2) is 40.6 Å². The van der Waals surface area contributed by atoms with Gasteiger partial charge in [-0.15, -0.1) is 10.2 Å². The van der Waals surface area contributed by atoms with Crippen LogP contribution in [0.3, 0.4) is 0 Å². The second-order valence-electron chi connectivity index (χ2n) is 5.86. The molecule has 0 unspecified atom stereocenters. The molecule has 1 amide bonds. The van der Waals surface area contributed by atoms with Crippen molar-refractivity contribution in [3.8, 4) is 22.9 Å². The van der Waals surface area contributed by atoms with Crippen LogP contribution in [0.2, 0.25) is 0 Å². The number of benzene rings is 2. The van der Waals surface area contributed by atoms with Gasteiger partial charge in [0, 0.05) is 24.4 Å². The van der Waals surface area contributed by atoms with Crippen molar-refractivity contribution in [1.29, 1.82) is 0 Å². The molecule has 146 valence electrons. The van der Waals surface area contributed by atoms with Gasteiger partial charge in [0.25, 0.3) is 0 Å². The number of nitrogen functional groups attached to an aromatic ring is 1. The van der Waals surface area contributed by atoms with Crippen LogP contribution in [0.15, 0.2) is 47.6 Å². The van der Waals surface area contributed by atoms with Crippen molar-refractivity contribution in [2.75, 3.05) is 31.0 Å². The molecule has 0 spiro atoms. The summed E-state index contributed by atoms with van der Waals surface area (Å²) in [6.07, 6.45) is 0. The molecule has 28 heavy (non-hydrogen) atoms. The quantitative estimate of drug-likeness (QED) is 0.465. The number of nitrogens with one attached hydrogen (secondary N) is 1. The molecular formula is C19H21N5O3S. The largest absolute Gasteiger partial charge is 0.497 e. The summed E-state index contributed by atoms with van der Waals surface area (Å²) in [5.41, 5.74) is 7.98. The first-order valence-corrected chi connectivity index (χ1v) is 9.41. The Morgan fingerprint density at radius 2 is 1.96 bits per heavy atom. The normalized spacial score (nSPS) is 10.5. The molecule has 0 aliphatic rings. The Morgan fingerprint density at radius 1 is 1.18 bits per heavy atom. The fourth-order valence-electron chi connectivity index (χ4n) is 2.60. The minimum Gasteiger partial charge on any atom is -0.497 e. The highest BCUT2D eigenvalue weighted by molar-refractivity contribution is 7.99. The number of ether oxygens (including phenoxy) is 2. The maximum Gasteiger partial charge on any atom is 0.234 e. The maximum absolute atomic E-state index is 12.4. The van der Waals surface area contributed by atoms with Crippen molar-refractivity contribution in [3.63, 3.8) is 0 Å². The highest BCUT2D eigenvalue weighted by Gasteiger charge is 2.15. The second kappa shape index (κ2) is 8.66. The smallest absolute Gasteiger partial charge is 0.234 e. The van der Waals surface area contributed by atoms with Crippen LogP contribution in [0.1, 0.15) is 0 Å². The van der Waals surface area contributed by atoms with Gasteiger partial charge in [-0.05, 0) is 24.3 Å². The third kappa shape index (κ3) is 4.20. The zero-order chi connectivity index (χ0) is 20.1. The van der Waals surface area contributed by atoms with Crippen molar-refractivity contribution in [2.24, 2.45) is 7.05 Å². The van der Waals surface area contributed by atoms with E-state index in [0.29, 0.717) is 33.9 Å². The highest BCUT2D eigenvalue weighted by Crippen LogP contribution is 2.30. The van der Waals surface area contributed by atoms with Gasteiger partial charge in [-0.2, -0.15) is 0 Å². The van der Waals surface area contributed by atoms with Gasteiger partial charge in [0.15, 0.2) is 11.0 Å². The number of amides is 1.